The molecule has 2 fully saturated rings. The molecule has 12 heteroatoms. The van der Waals surface area contributed by atoms with E-state index >= 15 is 0 Å². The molecule has 0 spiro atoms. The summed E-state index contributed by atoms with van der Waals surface area (Å²) >= 11 is 6.45. The standard InChI is InChI=1S/C21H28ClN5O4S.ClH/c1-31-21(28)24-16-5-3-14(4-6-16)18-19(22)26-20(25-18)17-11-15(12-23-17)13-7-9-27(10-8-13)32(2,29)30;/h3-6,13,15,17,23H,7-12H2,1-2H3,(H,24,28)(H,25,26);1H/t15-,17-;/m0./s1. The van der Waals surface area contributed by atoms with Crippen molar-refractivity contribution in [2.75, 3.05) is 38.3 Å². The molecular formula is C21H29Cl2N5O4S. The molecule has 2 atom stereocenters. The van der Waals surface area contributed by atoms with Crippen LogP contribution in [0.15, 0.2) is 24.3 Å². The number of H-pyrrole nitrogens is 1. The summed E-state index contributed by atoms with van der Waals surface area (Å²) in [7, 11) is -1.79. The number of piperidine rings is 1. The Hall–Kier alpha value is -1.85. The number of benzene rings is 1. The number of rotatable bonds is 5. The number of anilines is 1. The summed E-state index contributed by atoms with van der Waals surface area (Å²) in [6.45, 7) is 2.08. The third-order valence-corrected chi connectivity index (χ3v) is 7.97. The zero-order valence-corrected chi connectivity index (χ0v) is 20.9. The Morgan fingerprint density at radius 2 is 1.88 bits per heavy atom. The maximum absolute atomic E-state index is 11.7. The lowest BCUT2D eigenvalue weighted by Gasteiger charge is -2.33. The van der Waals surface area contributed by atoms with Gasteiger partial charge in [-0.25, -0.2) is 22.5 Å². The molecule has 4 rings (SSSR count). The van der Waals surface area contributed by atoms with Crippen molar-refractivity contribution < 1.29 is 17.9 Å². The lowest BCUT2D eigenvalue weighted by atomic mass is 9.83. The van der Waals surface area contributed by atoms with Crippen LogP contribution in [-0.4, -0.2) is 61.8 Å². The highest BCUT2D eigenvalue weighted by molar-refractivity contribution is 7.88. The number of nitrogens with one attached hydrogen (secondary N) is 3. The molecule has 2 aromatic rings. The predicted octanol–water partition coefficient (Wildman–Crippen LogP) is 3.65. The highest BCUT2D eigenvalue weighted by Gasteiger charge is 2.36. The second-order valence-electron chi connectivity index (χ2n) is 8.43. The Kier molecular flexibility index (Phi) is 8.28. The Morgan fingerprint density at radius 3 is 2.48 bits per heavy atom. The van der Waals surface area contributed by atoms with Crippen molar-refractivity contribution in [1.29, 1.82) is 0 Å². The smallest absolute Gasteiger partial charge is 0.411 e. The summed E-state index contributed by atoms with van der Waals surface area (Å²) in [6.07, 6.45) is 3.48. The van der Waals surface area contributed by atoms with Crippen LogP contribution in [0.2, 0.25) is 5.15 Å². The van der Waals surface area contributed by atoms with Crippen molar-refractivity contribution in [3.63, 3.8) is 0 Å². The zero-order chi connectivity index (χ0) is 22.9. The van der Waals surface area contributed by atoms with E-state index in [1.54, 1.807) is 16.4 Å². The highest BCUT2D eigenvalue weighted by Crippen LogP contribution is 2.37. The van der Waals surface area contributed by atoms with Gasteiger partial charge in [0.25, 0.3) is 0 Å². The Morgan fingerprint density at radius 1 is 1.21 bits per heavy atom. The minimum absolute atomic E-state index is 0. The number of aromatic nitrogens is 2. The van der Waals surface area contributed by atoms with E-state index in [4.69, 9.17) is 16.6 Å². The highest BCUT2D eigenvalue weighted by atomic mass is 35.5. The van der Waals surface area contributed by atoms with Crippen molar-refractivity contribution in [3.8, 4) is 11.3 Å². The lowest BCUT2D eigenvalue weighted by molar-refractivity contribution is 0.187. The molecule has 9 nitrogen and oxygen atoms in total. The van der Waals surface area contributed by atoms with Crippen molar-refractivity contribution in [2.24, 2.45) is 11.8 Å². The SMILES string of the molecule is COC(=O)Nc1ccc(-c2nc([C@@H]3C[C@H](C4CCN(S(C)(=O)=O)CC4)CN3)[nH]c2Cl)cc1.Cl. The molecule has 2 aliphatic rings. The van der Waals surface area contributed by atoms with Gasteiger partial charge in [-0.2, -0.15) is 0 Å². The number of hydrogen-bond donors (Lipinski definition) is 3. The van der Waals surface area contributed by atoms with E-state index in [2.05, 4.69) is 20.4 Å². The molecule has 182 valence electrons. The first-order valence-electron chi connectivity index (χ1n) is 10.6. The number of aromatic amines is 1. The minimum atomic E-state index is -3.10. The van der Waals surface area contributed by atoms with Crippen LogP contribution in [0.25, 0.3) is 11.3 Å². The van der Waals surface area contributed by atoms with Gasteiger partial charge in [-0.1, -0.05) is 23.7 Å². The average Bonchev–Trinajstić information content (AvgIpc) is 3.41. The third kappa shape index (κ3) is 5.99. The predicted molar refractivity (Wildman–Crippen MR) is 130 cm³/mol. The van der Waals surface area contributed by atoms with Crippen LogP contribution in [-0.2, 0) is 14.8 Å². The lowest BCUT2D eigenvalue weighted by Crippen LogP contribution is -2.39. The number of ether oxygens (including phenoxy) is 1. The Labute approximate surface area is 205 Å². The molecular weight excluding hydrogens is 489 g/mol. The number of carbonyl (C=O) groups is 1. The number of amides is 1. The largest absolute Gasteiger partial charge is 0.453 e. The van der Waals surface area contributed by atoms with Gasteiger partial charge < -0.3 is 15.0 Å². The molecule has 0 saturated carbocycles. The average molecular weight is 518 g/mol. The summed E-state index contributed by atoms with van der Waals surface area (Å²) < 4.78 is 29.7. The molecule has 0 unspecified atom stereocenters. The van der Waals surface area contributed by atoms with Crippen LogP contribution >= 0.6 is 24.0 Å². The monoisotopic (exact) mass is 517 g/mol. The number of methoxy groups -OCH3 is 1. The summed E-state index contributed by atoms with van der Waals surface area (Å²) in [5.41, 5.74) is 2.13. The van der Waals surface area contributed by atoms with Gasteiger partial charge in [0, 0.05) is 24.3 Å². The normalized spacial score (nSPS) is 22.0. The Bertz CT molecular complexity index is 1070. The van der Waals surface area contributed by atoms with Crippen LogP contribution in [0.5, 0.6) is 0 Å². The molecule has 2 saturated heterocycles. The van der Waals surface area contributed by atoms with Gasteiger partial charge in [-0.15, -0.1) is 12.4 Å². The van der Waals surface area contributed by atoms with Gasteiger partial charge in [0.1, 0.15) is 16.7 Å². The third-order valence-electron chi connectivity index (χ3n) is 6.40. The number of carbonyl (C=O) groups excluding carboxylic acids is 1. The topological polar surface area (TPSA) is 116 Å². The molecule has 1 amide bonds. The van der Waals surface area contributed by atoms with Gasteiger partial charge in [0.2, 0.25) is 10.0 Å². The second-order valence-corrected chi connectivity index (χ2v) is 10.8. The fourth-order valence-electron chi connectivity index (χ4n) is 4.62. The van der Waals surface area contributed by atoms with Crippen molar-refractivity contribution in [3.05, 3.63) is 35.2 Å². The molecule has 3 heterocycles. The molecule has 1 aromatic carbocycles. The van der Waals surface area contributed by atoms with Crippen molar-refractivity contribution >= 4 is 45.8 Å². The number of sulfonamides is 1. The van der Waals surface area contributed by atoms with Gasteiger partial charge in [-0.05, 0) is 49.8 Å². The second kappa shape index (κ2) is 10.6. The summed E-state index contributed by atoms with van der Waals surface area (Å²) in [6, 6.07) is 7.31. The fraction of sp³-hybridized carbons (Fsp3) is 0.524. The quantitative estimate of drug-likeness (QED) is 0.557. The molecule has 0 radical (unpaired) electrons. The first kappa shape index (κ1) is 25.8. The molecule has 2 aliphatic heterocycles. The van der Waals surface area contributed by atoms with Crippen LogP contribution in [0.1, 0.15) is 31.1 Å². The van der Waals surface area contributed by atoms with Gasteiger partial charge in [-0.3, -0.25) is 5.32 Å². The molecule has 33 heavy (non-hydrogen) atoms. The first-order valence-corrected chi connectivity index (χ1v) is 12.9. The maximum Gasteiger partial charge on any atom is 0.411 e. The van der Waals surface area contributed by atoms with E-state index in [9.17, 15) is 13.2 Å². The zero-order valence-electron chi connectivity index (χ0n) is 18.5. The van der Waals surface area contributed by atoms with E-state index < -0.39 is 16.1 Å². The molecule has 3 N–H and O–H groups in total. The van der Waals surface area contributed by atoms with E-state index in [0.29, 0.717) is 41.5 Å². The fourth-order valence-corrected chi connectivity index (χ4v) is 5.74. The molecule has 0 bridgehead atoms. The van der Waals surface area contributed by atoms with Crippen molar-refractivity contribution in [1.82, 2.24) is 19.6 Å². The van der Waals surface area contributed by atoms with E-state index in [-0.39, 0.29) is 18.4 Å². The van der Waals surface area contributed by atoms with Crippen LogP contribution in [0.4, 0.5) is 10.5 Å². The van der Waals surface area contributed by atoms with Crippen LogP contribution < -0.4 is 10.6 Å². The van der Waals surface area contributed by atoms with E-state index in [0.717, 1.165) is 37.2 Å². The number of nitrogens with zero attached hydrogens (tertiary/aromatic N) is 2. The van der Waals surface area contributed by atoms with Gasteiger partial charge in [0.05, 0.1) is 19.4 Å². The van der Waals surface area contributed by atoms with E-state index in [1.807, 2.05) is 12.1 Å². The number of imidazole rings is 1. The Balaban J connectivity index is 0.00000306. The van der Waals surface area contributed by atoms with E-state index in [1.165, 1.54) is 13.4 Å². The summed E-state index contributed by atoms with van der Waals surface area (Å²) in [5.74, 6) is 1.79. The molecule has 1 aromatic heterocycles. The van der Waals surface area contributed by atoms with Gasteiger partial charge in [0.15, 0.2) is 0 Å². The van der Waals surface area contributed by atoms with Crippen molar-refractivity contribution in [2.45, 2.75) is 25.3 Å². The number of hydrogen-bond acceptors (Lipinski definition) is 6. The summed E-state index contributed by atoms with van der Waals surface area (Å²) in [4.78, 5) is 19.3. The minimum Gasteiger partial charge on any atom is -0.453 e. The maximum atomic E-state index is 11.7. The van der Waals surface area contributed by atoms with Crippen LogP contribution in [0.3, 0.4) is 0 Å². The molecule has 0 aliphatic carbocycles. The van der Waals surface area contributed by atoms with Gasteiger partial charge >= 0.3 is 6.09 Å². The van der Waals surface area contributed by atoms with Crippen LogP contribution in [0, 0.1) is 11.8 Å². The number of halogens is 2. The first-order chi connectivity index (χ1) is 15.2. The summed E-state index contributed by atoms with van der Waals surface area (Å²) in [5, 5.41) is 6.63.